The van der Waals surface area contributed by atoms with Crippen LogP contribution < -0.4 is 9.30 Å². The molecule has 0 fully saturated rings. The molecule has 82 heavy (non-hydrogen) atoms. The van der Waals surface area contributed by atoms with Crippen LogP contribution in [0.3, 0.4) is 0 Å². The number of hydrogen-bond donors (Lipinski definition) is 0. The van der Waals surface area contributed by atoms with Crippen molar-refractivity contribution in [3.63, 3.8) is 0 Å². The number of aryl methyl sites for hydroxylation is 1. The summed E-state index contributed by atoms with van der Waals surface area (Å²) in [6, 6.07) is 63.0. The Bertz CT molecular complexity index is 4400. The zero-order chi connectivity index (χ0) is 59.8. The van der Waals surface area contributed by atoms with Gasteiger partial charge in [-0.2, -0.15) is 18.2 Å². The van der Waals surface area contributed by atoms with Crippen LogP contribution >= 0.6 is 0 Å². The molecule has 6 nitrogen and oxygen atoms in total. The van der Waals surface area contributed by atoms with Gasteiger partial charge in [0.1, 0.15) is 5.82 Å². The SMILES string of the molecule is [2H]C([2H])([2H])[n+]1[c-]n(-c2[c-]c(Oc3[c-]c4c(cc3)c3ccccc3n4-c3cc(C(C)(C)C)ccn3)ccc2)c2ccc(-n3c4c(-c5cc(C(C)(C)C)cc(C(C)(C)C)c5)cccc4c4cccc(-c5cc(C(C)(C)C)cc(C(C)(C)C)c5)c43)cc21.[Pt]. The number of benzene rings is 8. The Balaban J connectivity index is 0.00000752. The molecule has 0 saturated carbocycles. The van der Waals surface area contributed by atoms with Crippen LogP contribution in [0.2, 0.25) is 0 Å². The molecule has 7 heteroatoms. The van der Waals surface area contributed by atoms with Crippen molar-refractivity contribution in [2.75, 3.05) is 0 Å². The number of hydrogen-bond acceptors (Lipinski definition) is 2. The minimum atomic E-state index is -2.59. The van der Waals surface area contributed by atoms with E-state index in [1.807, 2.05) is 48.7 Å². The molecular formula is C75H75N5OPt-2. The summed E-state index contributed by atoms with van der Waals surface area (Å²) in [4.78, 5) is 4.86. The van der Waals surface area contributed by atoms with Crippen molar-refractivity contribution < 1.29 is 34.5 Å². The van der Waals surface area contributed by atoms with Crippen molar-refractivity contribution in [3.05, 3.63) is 210 Å². The monoisotopic (exact) mass is 1260 g/mol. The normalized spacial score (nSPS) is 13.5. The zero-order valence-electron chi connectivity index (χ0n) is 53.0. The predicted octanol–water partition coefficient (Wildman–Crippen LogP) is 19.1. The summed E-state index contributed by atoms with van der Waals surface area (Å²) < 4.78 is 41.4. The first-order valence-electron chi connectivity index (χ1n) is 29.9. The van der Waals surface area contributed by atoms with Crippen molar-refractivity contribution in [3.8, 4) is 50.9 Å². The van der Waals surface area contributed by atoms with E-state index in [2.05, 4.69) is 247 Å². The standard InChI is InChI=1S/C75H75N5O.Pt/c1-71(2,3)49-34-35-76-68(42-49)80-64-29-18-17-24-60(64)61-32-31-57(45-66(61)80)81-56-23-19-22-54(43-56)78-46-77(16)67-44-55(30-33-65(67)78)79-69-58(47-36-50(72(4,5)6)40-51(37-47)73(7,8)9)25-20-27-62(69)63-28-21-26-59(70(63)79)48-38-52(74(10,11)12)41-53(39-48)75(13,14)15;/h17-42,44H,1-16H3;/q-2;/i16D3;. The molecule has 0 atom stereocenters. The summed E-state index contributed by atoms with van der Waals surface area (Å²) in [6.45, 7) is 31.4. The van der Waals surface area contributed by atoms with Gasteiger partial charge in [0.2, 0.25) is 6.33 Å². The number of rotatable bonds is 7. The Labute approximate surface area is 503 Å². The summed E-state index contributed by atoms with van der Waals surface area (Å²) in [7, 11) is 0. The molecular weight excluding hydrogens is 1180 g/mol. The van der Waals surface area contributed by atoms with Crippen LogP contribution in [0.1, 0.15) is 136 Å². The third-order valence-corrected chi connectivity index (χ3v) is 16.3. The van der Waals surface area contributed by atoms with Crippen LogP contribution in [0.25, 0.3) is 94.1 Å². The van der Waals surface area contributed by atoms with Crippen LogP contribution in [0, 0.1) is 18.5 Å². The Hall–Kier alpha value is -7.53. The second-order valence-electron chi connectivity index (χ2n) is 27.4. The third-order valence-electron chi connectivity index (χ3n) is 16.3. The molecule has 0 bridgehead atoms. The number of imidazole rings is 1. The molecule has 0 radical (unpaired) electrons. The van der Waals surface area contributed by atoms with E-state index in [0.29, 0.717) is 28.2 Å². The van der Waals surface area contributed by atoms with Crippen LogP contribution in [-0.4, -0.2) is 18.7 Å². The van der Waals surface area contributed by atoms with Gasteiger partial charge in [0.05, 0.1) is 33.2 Å². The Morgan fingerprint density at radius 3 is 1.56 bits per heavy atom. The average Bonchev–Trinajstić information content (AvgIpc) is 1.61. The molecule has 0 spiro atoms. The van der Waals surface area contributed by atoms with Crippen molar-refractivity contribution >= 4 is 54.6 Å². The van der Waals surface area contributed by atoms with Crippen LogP contribution in [-0.2, 0) is 55.1 Å². The van der Waals surface area contributed by atoms with Gasteiger partial charge in [-0.25, -0.2) is 4.98 Å². The van der Waals surface area contributed by atoms with E-state index in [-0.39, 0.29) is 48.1 Å². The molecule has 0 aliphatic heterocycles. The van der Waals surface area contributed by atoms with E-state index in [0.717, 1.165) is 77.4 Å². The van der Waals surface area contributed by atoms with Crippen molar-refractivity contribution in [1.29, 1.82) is 0 Å². The molecule has 4 heterocycles. The van der Waals surface area contributed by atoms with E-state index in [4.69, 9.17) is 13.8 Å². The first-order chi connectivity index (χ1) is 39.4. The molecule has 0 aliphatic rings. The number of ether oxygens (including phenoxy) is 1. The van der Waals surface area contributed by atoms with Crippen LogP contribution in [0.15, 0.2) is 164 Å². The van der Waals surface area contributed by atoms with Gasteiger partial charge in [-0.05, 0) is 102 Å². The van der Waals surface area contributed by atoms with E-state index in [1.54, 1.807) is 4.57 Å². The third kappa shape index (κ3) is 10.1. The first kappa shape index (κ1) is 52.5. The minimum absolute atomic E-state index is 0. The molecule has 0 aliphatic carbocycles. The van der Waals surface area contributed by atoms with Gasteiger partial charge < -0.3 is 23.0 Å². The maximum absolute atomic E-state index is 9.03. The molecule has 0 saturated heterocycles. The minimum Gasteiger partial charge on any atom is -0.510 e. The Kier molecular flexibility index (Phi) is 12.9. The Morgan fingerprint density at radius 2 is 1.00 bits per heavy atom. The maximum atomic E-state index is 9.03. The van der Waals surface area contributed by atoms with Crippen LogP contribution in [0.4, 0.5) is 0 Å². The van der Waals surface area contributed by atoms with Gasteiger partial charge in [0, 0.05) is 71.9 Å². The summed E-state index contributed by atoms with van der Waals surface area (Å²) in [5.41, 5.74) is 16.6. The quantitative estimate of drug-likeness (QED) is 0.118. The number of pyridine rings is 1. The van der Waals surface area contributed by atoms with Gasteiger partial charge in [0.25, 0.3) is 0 Å². The smallest absolute Gasteiger partial charge is 0.242 e. The van der Waals surface area contributed by atoms with Gasteiger partial charge in [0.15, 0.2) is 0 Å². The largest absolute Gasteiger partial charge is 0.510 e. The average molecular weight is 1260 g/mol. The fourth-order valence-electron chi connectivity index (χ4n) is 11.5. The van der Waals surface area contributed by atoms with Gasteiger partial charge in [-0.3, -0.25) is 0 Å². The number of fused-ring (bicyclic) bond motifs is 7. The number of nitrogens with zero attached hydrogens (tertiary/aromatic N) is 5. The molecule has 4 aromatic heterocycles. The van der Waals surface area contributed by atoms with Crippen molar-refractivity contribution in [1.82, 2.24) is 18.7 Å². The molecule has 0 unspecified atom stereocenters. The molecule has 8 aromatic carbocycles. The van der Waals surface area contributed by atoms with Crippen molar-refractivity contribution in [2.45, 2.75) is 131 Å². The van der Waals surface area contributed by atoms with Crippen molar-refractivity contribution in [2.24, 2.45) is 6.98 Å². The van der Waals surface area contributed by atoms with E-state index >= 15 is 0 Å². The molecule has 0 amide bonds. The van der Waals surface area contributed by atoms with E-state index < -0.39 is 6.98 Å². The fraction of sp³-hybridized carbons (Fsp3) is 0.280. The zero-order valence-corrected chi connectivity index (χ0v) is 52.3. The molecule has 12 aromatic rings. The summed E-state index contributed by atoms with van der Waals surface area (Å²) in [6.07, 6.45) is 5.15. The topological polar surface area (TPSA) is 40.8 Å². The summed E-state index contributed by atoms with van der Waals surface area (Å²) in [5.74, 6) is 1.74. The fourth-order valence-corrected chi connectivity index (χ4v) is 11.5. The first-order valence-corrected chi connectivity index (χ1v) is 28.4. The second-order valence-corrected chi connectivity index (χ2v) is 27.4. The molecule has 0 N–H and O–H groups in total. The maximum Gasteiger partial charge on any atom is 0.242 e. The molecule has 418 valence electrons. The number of para-hydroxylation sites is 3. The summed E-state index contributed by atoms with van der Waals surface area (Å²) in [5, 5.41) is 4.33. The Morgan fingerprint density at radius 1 is 0.463 bits per heavy atom. The van der Waals surface area contributed by atoms with Gasteiger partial charge in [-0.15, -0.1) is 29.7 Å². The predicted molar refractivity (Wildman–Crippen MR) is 338 cm³/mol. The van der Waals surface area contributed by atoms with Gasteiger partial charge in [-0.1, -0.05) is 212 Å². The summed E-state index contributed by atoms with van der Waals surface area (Å²) >= 11 is 0. The molecule has 12 rings (SSSR count). The van der Waals surface area contributed by atoms with Gasteiger partial charge >= 0.3 is 0 Å². The van der Waals surface area contributed by atoms with E-state index in [1.165, 1.54) is 32.4 Å². The number of aromatic nitrogens is 5. The van der Waals surface area contributed by atoms with E-state index in [9.17, 15) is 0 Å². The second kappa shape index (κ2) is 20.1. The van der Waals surface area contributed by atoms with Crippen LogP contribution in [0.5, 0.6) is 11.5 Å².